The third-order valence-electron chi connectivity index (χ3n) is 2.36. The number of ether oxygens (including phenoxy) is 1. The van der Waals surface area contributed by atoms with Crippen molar-refractivity contribution in [2.75, 3.05) is 0 Å². The molecule has 0 aliphatic heterocycles. The third kappa shape index (κ3) is 6.92. The first-order chi connectivity index (χ1) is 8.72. The van der Waals surface area contributed by atoms with E-state index in [4.69, 9.17) is 14.4 Å². The molecule has 0 saturated heterocycles. The number of rotatable bonds is 9. The van der Waals surface area contributed by atoms with Crippen LogP contribution in [-0.2, 0) is 24.4 Å². The van der Waals surface area contributed by atoms with Gasteiger partial charge in [0, 0.05) is 0 Å². The molecule has 0 amide bonds. The molecule has 2 unspecified atom stereocenters. The van der Waals surface area contributed by atoms with Crippen LogP contribution in [0.4, 0.5) is 0 Å². The first kappa shape index (κ1) is 17.6. The van der Waals surface area contributed by atoms with Crippen LogP contribution in [-0.4, -0.2) is 41.4 Å². The van der Waals surface area contributed by atoms with Crippen molar-refractivity contribution >= 4 is 22.1 Å². The second-order valence-corrected chi connectivity index (χ2v) is 5.55. The Hall–Kier alpha value is -1.41. The first-order valence-corrected chi connectivity index (χ1v) is 7.23. The molecule has 0 fully saturated rings. The maximum absolute atomic E-state index is 11.6. The van der Waals surface area contributed by atoms with Crippen molar-refractivity contribution in [1.29, 1.82) is 0 Å². The molecular weight excluding hydrogens is 276 g/mol. The molecule has 0 rings (SSSR count). The molecule has 8 heteroatoms. The predicted octanol–water partition coefficient (Wildman–Crippen LogP) is 1.01. The van der Waals surface area contributed by atoms with Crippen LogP contribution in [0.5, 0.6) is 0 Å². The molecule has 0 radical (unpaired) electrons. The topological polar surface area (TPSA) is 118 Å². The molecule has 110 valence electrons. The minimum Gasteiger partial charge on any atom is -0.481 e. The number of carboxylic acid groups (broad SMARTS) is 1. The van der Waals surface area contributed by atoms with E-state index in [0.29, 0.717) is 6.42 Å². The highest BCUT2D eigenvalue weighted by atomic mass is 32.2. The molecule has 2 N–H and O–H groups in total. The summed E-state index contributed by atoms with van der Waals surface area (Å²) in [5.41, 5.74) is 0. The zero-order valence-corrected chi connectivity index (χ0v) is 11.4. The Kier molecular flexibility index (Phi) is 7.32. The fraction of sp³-hybridized carbons (Fsp3) is 0.636. The van der Waals surface area contributed by atoms with E-state index in [2.05, 4.69) is 6.58 Å². The van der Waals surface area contributed by atoms with Crippen LogP contribution in [0.25, 0.3) is 0 Å². The fourth-order valence-electron chi connectivity index (χ4n) is 1.32. The molecular formula is C11H18O7S. The lowest BCUT2D eigenvalue weighted by Crippen LogP contribution is -2.35. The summed E-state index contributed by atoms with van der Waals surface area (Å²) in [6, 6.07) is 0. The van der Waals surface area contributed by atoms with Crippen LogP contribution in [0.15, 0.2) is 12.7 Å². The van der Waals surface area contributed by atoms with E-state index in [0.717, 1.165) is 12.8 Å². The van der Waals surface area contributed by atoms with Gasteiger partial charge in [-0.05, 0) is 12.8 Å². The quantitative estimate of drug-likeness (QED) is 0.370. The van der Waals surface area contributed by atoms with E-state index in [1.807, 2.05) is 6.92 Å². The molecule has 0 spiro atoms. The Balaban J connectivity index is 4.81. The highest BCUT2D eigenvalue weighted by molar-refractivity contribution is 7.87. The molecule has 0 aromatic rings. The van der Waals surface area contributed by atoms with Gasteiger partial charge in [0.1, 0.15) is 6.10 Å². The Morgan fingerprint density at radius 1 is 1.42 bits per heavy atom. The molecule has 0 aromatic heterocycles. The number of hydrogen-bond acceptors (Lipinski definition) is 5. The van der Waals surface area contributed by atoms with Gasteiger partial charge in [-0.1, -0.05) is 26.0 Å². The van der Waals surface area contributed by atoms with E-state index in [1.165, 1.54) is 6.08 Å². The number of aliphatic carboxylic acids is 1. The van der Waals surface area contributed by atoms with Crippen molar-refractivity contribution in [2.45, 2.75) is 44.0 Å². The lowest BCUT2D eigenvalue weighted by Gasteiger charge is -2.17. The summed E-state index contributed by atoms with van der Waals surface area (Å²) in [5, 5.41) is 6.41. The van der Waals surface area contributed by atoms with Crippen molar-refractivity contribution in [3.63, 3.8) is 0 Å². The van der Waals surface area contributed by atoms with E-state index >= 15 is 0 Å². The number of esters is 1. The van der Waals surface area contributed by atoms with Crippen LogP contribution in [0.1, 0.15) is 32.6 Å². The zero-order chi connectivity index (χ0) is 15.1. The molecule has 0 aromatic carbocycles. The summed E-state index contributed by atoms with van der Waals surface area (Å²) in [5.74, 6) is -2.81. The van der Waals surface area contributed by atoms with Crippen LogP contribution < -0.4 is 0 Å². The average Bonchev–Trinajstić information content (AvgIpc) is 2.29. The molecule has 2 atom stereocenters. The number of unbranched alkanes of at least 4 members (excludes halogenated alkanes) is 1. The summed E-state index contributed by atoms with van der Waals surface area (Å²) in [6.45, 7) is 5.37. The monoisotopic (exact) mass is 294 g/mol. The normalized spacial score (nSPS) is 14.4. The molecule has 0 bridgehead atoms. The van der Waals surface area contributed by atoms with E-state index in [-0.39, 0.29) is 0 Å². The molecule has 0 heterocycles. The second-order valence-electron chi connectivity index (χ2n) is 3.95. The van der Waals surface area contributed by atoms with E-state index < -0.39 is 39.8 Å². The maximum atomic E-state index is 11.6. The molecule has 0 aliphatic carbocycles. The maximum Gasteiger partial charge on any atom is 0.328 e. The van der Waals surface area contributed by atoms with Gasteiger partial charge >= 0.3 is 11.9 Å². The Morgan fingerprint density at radius 2 is 2.00 bits per heavy atom. The van der Waals surface area contributed by atoms with Crippen molar-refractivity contribution < 1.29 is 32.4 Å². The summed E-state index contributed by atoms with van der Waals surface area (Å²) in [7, 11) is -4.82. The van der Waals surface area contributed by atoms with Crippen molar-refractivity contribution in [3.05, 3.63) is 12.7 Å². The Morgan fingerprint density at radius 3 is 2.37 bits per heavy atom. The van der Waals surface area contributed by atoms with Gasteiger partial charge in [-0.3, -0.25) is 14.1 Å². The highest BCUT2D eigenvalue weighted by Gasteiger charge is 2.35. The van der Waals surface area contributed by atoms with Gasteiger partial charge in [-0.2, -0.15) is 8.42 Å². The zero-order valence-electron chi connectivity index (χ0n) is 10.6. The van der Waals surface area contributed by atoms with Crippen LogP contribution >= 0.6 is 0 Å². The lowest BCUT2D eigenvalue weighted by atomic mass is 10.1. The number of carboxylic acids is 1. The van der Waals surface area contributed by atoms with Crippen molar-refractivity contribution in [3.8, 4) is 0 Å². The minimum absolute atomic E-state index is 0.455. The molecule has 7 nitrogen and oxygen atoms in total. The number of hydrogen-bond donors (Lipinski definition) is 2. The third-order valence-corrected chi connectivity index (χ3v) is 3.43. The van der Waals surface area contributed by atoms with Gasteiger partial charge in [0.25, 0.3) is 10.1 Å². The Labute approximate surface area is 112 Å². The standard InChI is InChI=1S/C11H18O7S/c1-3-5-6-8(4-2)18-11(14)9(7-10(12)13)19(15,16)17/h4,8-9H,2-3,5-7H2,1H3,(H,12,13)(H,15,16,17). The summed E-state index contributed by atoms with van der Waals surface area (Å²) in [4.78, 5) is 22.1. The smallest absolute Gasteiger partial charge is 0.328 e. The Bertz CT molecular complexity index is 426. The fourth-order valence-corrected chi connectivity index (χ4v) is 1.98. The molecule has 0 saturated carbocycles. The minimum atomic E-state index is -4.82. The van der Waals surface area contributed by atoms with Gasteiger partial charge in [0.05, 0.1) is 6.42 Å². The van der Waals surface area contributed by atoms with E-state index in [9.17, 15) is 18.0 Å². The van der Waals surface area contributed by atoms with Crippen molar-refractivity contribution in [2.24, 2.45) is 0 Å². The summed E-state index contributed by atoms with van der Waals surface area (Å²) >= 11 is 0. The lowest BCUT2D eigenvalue weighted by molar-refractivity contribution is -0.150. The van der Waals surface area contributed by atoms with Gasteiger partial charge in [-0.25, -0.2) is 0 Å². The van der Waals surface area contributed by atoms with Gasteiger partial charge in [0.2, 0.25) is 0 Å². The summed E-state index contributed by atoms with van der Waals surface area (Å²) < 4.78 is 35.6. The first-order valence-electron chi connectivity index (χ1n) is 5.73. The van der Waals surface area contributed by atoms with Gasteiger partial charge < -0.3 is 9.84 Å². The molecule has 0 aliphatic rings. The predicted molar refractivity (Wildman–Crippen MR) is 67.2 cm³/mol. The SMILES string of the molecule is C=CC(CCCC)OC(=O)C(CC(=O)O)S(=O)(=O)O. The van der Waals surface area contributed by atoms with Gasteiger partial charge in [-0.15, -0.1) is 0 Å². The van der Waals surface area contributed by atoms with Crippen molar-refractivity contribution in [1.82, 2.24) is 0 Å². The van der Waals surface area contributed by atoms with E-state index in [1.54, 1.807) is 0 Å². The summed E-state index contributed by atoms with van der Waals surface area (Å²) in [6.07, 6.45) is 1.62. The number of carbonyl (C=O) groups is 2. The average molecular weight is 294 g/mol. The second kappa shape index (κ2) is 7.90. The highest BCUT2D eigenvalue weighted by Crippen LogP contribution is 2.12. The largest absolute Gasteiger partial charge is 0.481 e. The molecule has 19 heavy (non-hydrogen) atoms. The van der Waals surface area contributed by atoms with Crippen LogP contribution in [0.2, 0.25) is 0 Å². The van der Waals surface area contributed by atoms with Crippen LogP contribution in [0, 0.1) is 0 Å². The number of carbonyl (C=O) groups excluding carboxylic acids is 1. The van der Waals surface area contributed by atoms with Gasteiger partial charge in [0.15, 0.2) is 5.25 Å². The van der Waals surface area contributed by atoms with Crippen LogP contribution in [0.3, 0.4) is 0 Å².